The van der Waals surface area contributed by atoms with Crippen LogP contribution >= 0.6 is 0 Å². The molecule has 1 rings (SSSR count). The number of benzene rings is 1. The quantitative estimate of drug-likeness (QED) is 0.386. The first-order chi connectivity index (χ1) is 11.0. The van der Waals surface area contributed by atoms with Gasteiger partial charge >= 0.3 is 0 Å². The van der Waals surface area contributed by atoms with Gasteiger partial charge in [-0.2, -0.15) is 0 Å². The van der Waals surface area contributed by atoms with Crippen LogP contribution in [-0.2, 0) is 16.0 Å². The van der Waals surface area contributed by atoms with Gasteiger partial charge in [0.2, 0.25) is 6.41 Å². The fraction of sp³-hybridized carbons (Fsp3) is 0.556. The lowest BCUT2D eigenvalue weighted by atomic mass is 9.95. The summed E-state index contributed by atoms with van der Waals surface area (Å²) in [4.78, 5) is 22.5. The Bertz CT molecular complexity index is 514. The van der Waals surface area contributed by atoms with Crippen molar-refractivity contribution in [3.8, 4) is 5.75 Å². The molecule has 1 unspecified atom stereocenters. The molecule has 1 aromatic carbocycles. The van der Waals surface area contributed by atoms with Gasteiger partial charge in [0, 0.05) is 26.2 Å². The minimum atomic E-state index is -0.0234. The fourth-order valence-corrected chi connectivity index (χ4v) is 2.32. The molecular formula is C18H27NO4. The molecule has 0 aromatic heterocycles. The van der Waals surface area contributed by atoms with Gasteiger partial charge in [-0.25, -0.2) is 0 Å². The highest BCUT2D eigenvalue weighted by Crippen LogP contribution is 2.23. The maximum atomic E-state index is 11.7. The van der Waals surface area contributed by atoms with E-state index in [-0.39, 0.29) is 11.8 Å². The van der Waals surface area contributed by atoms with Crippen LogP contribution in [0.3, 0.4) is 0 Å². The van der Waals surface area contributed by atoms with Gasteiger partial charge in [0.25, 0.3) is 0 Å². The van der Waals surface area contributed by atoms with E-state index in [2.05, 4.69) is 19.2 Å². The molecule has 1 aromatic rings. The topological polar surface area (TPSA) is 64.6 Å². The van der Waals surface area contributed by atoms with Crippen molar-refractivity contribution in [1.29, 1.82) is 0 Å². The number of methoxy groups -OCH3 is 1. The zero-order chi connectivity index (χ0) is 17.2. The van der Waals surface area contributed by atoms with E-state index in [0.717, 1.165) is 18.4 Å². The van der Waals surface area contributed by atoms with Crippen LogP contribution in [0.25, 0.3) is 0 Å². The number of ether oxygens (including phenoxy) is 2. The summed E-state index contributed by atoms with van der Waals surface area (Å²) in [5.74, 6) is 0.892. The zero-order valence-electron chi connectivity index (χ0n) is 14.4. The largest absolute Gasteiger partial charge is 0.493 e. The molecule has 0 aliphatic rings. The minimum Gasteiger partial charge on any atom is -0.493 e. The highest BCUT2D eigenvalue weighted by molar-refractivity contribution is 5.96. The van der Waals surface area contributed by atoms with Crippen molar-refractivity contribution < 1.29 is 19.1 Å². The molecular weight excluding hydrogens is 294 g/mol. The number of amides is 1. The van der Waals surface area contributed by atoms with Crippen molar-refractivity contribution >= 4 is 12.2 Å². The normalized spacial score (nSPS) is 12.0. The van der Waals surface area contributed by atoms with Crippen LogP contribution < -0.4 is 10.1 Å². The molecule has 0 radical (unpaired) electrons. The van der Waals surface area contributed by atoms with E-state index >= 15 is 0 Å². The summed E-state index contributed by atoms with van der Waals surface area (Å²) in [7, 11) is 1.65. The van der Waals surface area contributed by atoms with Crippen molar-refractivity contribution in [3.63, 3.8) is 0 Å². The summed E-state index contributed by atoms with van der Waals surface area (Å²) in [6, 6.07) is 5.66. The summed E-state index contributed by atoms with van der Waals surface area (Å²) >= 11 is 0. The summed E-state index contributed by atoms with van der Waals surface area (Å²) in [6.45, 7) is 6.77. The van der Waals surface area contributed by atoms with Crippen molar-refractivity contribution in [1.82, 2.24) is 5.32 Å². The molecule has 5 heteroatoms. The molecule has 0 saturated carbocycles. The Morgan fingerprint density at radius 2 is 2.04 bits per heavy atom. The first kappa shape index (κ1) is 19.2. The van der Waals surface area contributed by atoms with Gasteiger partial charge in [-0.15, -0.1) is 0 Å². The van der Waals surface area contributed by atoms with E-state index in [1.807, 2.05) is 12.1 Å². The van der Waals surface area contributed by atoms with Crippen LogP contribution in [0, 0.1) is 5.92 Å². The lowest BCUT2D eigenvalue weighted by Crippen LogP contribution is -2.34. The summed E-state index contributed by atoms with van der Waals surface area (Å²) in [6.07, 6.45) is 2.19. The molecule has 0 saturated heterocycles. The van der Waals surface area contributed by atoms with Gasteiger partial charge in [-0.3, -0.25) is 9.59 Å². The van der Waals surface area contributed by atoms with E-state index in [1.54, 1.807) is 13.2 Å². The predicted octanol–water partition coefficient (Wildman–Crippen LogP) is 2.62. The smallest absolute Gasteiger partial charge is 0.207 e. The number of ketones is 1. The lowest BCUT2D eigenvalue weighted by molar-refractivity contribution is -0.110. The highest BCUT2D eigenvalue weighted by atomic mass is 16.5. The Balaban J connectivity index is 2.88. The summed E-state index contributed by atoms with van der Waals surface area (Å²) < 4.78 is 10.8. The van der Waals surface area contributed by atoms with Crippen molar-refractivity contribution in [2.24, 2.45) is 5.92 Å². The summed E-state index contributed by atoms with van der Waals surface area (Å²) in [5.41, 5.74) is 1.61. The first-order valence-electron chi connectivity index (χ1n) is 7.94. The van der Waals surface area contributed by atoms with Gasteiger partial charge in [0.05, 0.1) is 12.2 Å². The third kappa shape index (κ3) is 6.40. The third-order valence-corrected chi connectivity index (χ3v) is 3.72. The number of hydrogen-bond donors (Lipinski definition) is 1. The molecule has 0 aliphatic carbocycles. The second-order valence-electron chi connectivity index (χ2n) is 5.92. The predicted molar refractivity (Wildman–Crippen MR) is 90.0 cm³/mol. The van der Waals surface area contributed by atoms with Crippen LogP contribution in [0.4, 0.5) is 0 Å². The van der Waals surface area contributed by atoms with Crippen LogP contribution in [0.5, 0.6) is 5.75 Å². The number of carbonyl (C=O) groups excluding carboxylic acids is 2. The molecule has 1 amide bonds. The SMILES string of the molecule is COCCCOc1cc(CC(NC=O)C(C)C)ccc1C(C)=O. The molecule has 1 atom stereocenters. The maximum absolute atomic E-state index is 11.7. The second kappa shape index (κ2) is 10.0. The van der Waals surface area contributed by atoms with Gasteiger partial charge in [0.1, 0.15) is 5.75 Å². The number of carbonyl (C=O) groups is 2. The standard InChI is InChI=1S/C18H27NO4/c1-13(2)17(19-12-20)10-15-6-7-16(14(3)21)18(11-15)23-9-5-8-22-4/h6-7,11-13,17H,5,8-10H2,1-4H3,(H,19,20). The molecule has 128 valence electrons. The zero-order valence-corrected chi connectivity index (χ0v) is 14.4. The Hall–Kier alpha value is -1.88. The Morgan fingerprint density at radius 1 is 1.30 bits per heavy atom. The van der Waals surface area contributed by atoms with E-state index in [4.69, 9.17) is 9.47 Å². The number of Topliss-reactive ketones (excluding diaryl/α,β-unsaturated/α-hetero) is 1. The number of rotatable bonds is 11. The molecule has 0 heterocycles. The molecule has 0 aliphatic heterocycles. The van der Waals surface area contributed by atoms with Crippen LogP contribution in [0.2, 0.25) is 0 Å². The molecule has 0 spiro atoms. The van der Waals surface area contributed by atoms with Crippen LogP contribution in [-0.4, -0.2) is 38.6 Å². The van der Waals surface area contributed by atoms with E-state index in [9.17, 15) is 9.59 Å². The third-order valence-electron chi connectivity index (χ3n) is 3.72. The Morgan fingerprint density at radius 3 is 2.61 bits per heavy atom. The molecule has 0 fully saturated rings. The molecule has 23 heavy (non-hydrogen) atoms. The average Bonchev–Trinajstić information content (AvgIpc) is 2.51. The van der Waals surface area contributed by atoms with Crippen LogP contribution in [0.15, 0.2) is 18.2 Å². The van der Waals surface area contributed by atoms with E-state index in [0.29, 0.717) is 36.9 Å². The second-order valence-corrected chi connectivity index (χ2v) is 5.92. The number of hydrogen-bond acceptors (Lipinski definition) is 4. The summed E-state index contributed by atoms with van der Waals surface area (Å²) in [5, 5.41) is 2.84. The van der Waals surface area contributed by atoms with Gasteiger partial charge in [-0.1, -0.05) is 19.9 Å². The minimum absolute atomic E-state index is 0.0234. The van der Waals surface area contributed by atoms with Crippen molar-refractivity contribution in [2.45, 2.75) is 39.7 Å². The highest BCUT2D eigenvalue weighted by Gasteiger charge is 2.15. The molecule has 0 bridgehead atoms. The van der Waals surface area contributed by atoms with E-state index in [1.165, 1.54) is 6.92 Å². The van der Waals surface area contributed by atoms with Crippen molar-refractivity contribution in [2.75, 3.05) is 20.3 Å². The fourth-order valence-electron chi connectivity index (χ4n) is 2.32. The maximum Gasteiger partial charge on any atom is 0.207 e. The monoisotopic (exact) mass is 321 g/mol. The lowest BCUT2D eigenvalue weighted by Gasteiger charge is -2.21. The number of nitrogens with one attached hydrogen (secondary N) is 1. The van der Waals surface area contributed by atoms with Crippen molar-refractivity contribution in [3.05, 3.63) is 29.3 Å². The van der Waals surface area contributed by atoms with Crippen LogP contribution in [0.1, 0.15) is 43.1 Å². The van der Waals surface area contributed by atoms with E-state index < -0.39 is 0 Å². The molecule has 5 nitrogen and oxygen atoms in total. The first-order valence-corrected chi connectivity index (χ1v) is 7.94. The molecule has 1 N–H and O–H groups in total. The Kier molecular flexibility index (Phi) is 8.33. The Labute approximate surface area is 138 Å². The average molecular weight is 321 g/mol. The van der Waals surface area contributed by atoms with Gasteiger partial charge < -0.3 is 14.8 Å². The van der Waals surface area contributed by atoms with Gasteiger partial charge in [-0.05, 0) is 37.0 Å². The van der Waals surface area contributed by atoms with Gasteiger partial charge in [0.15, 0.2) is 5.78 Å².